The van der Waals surface area contributed by atoms with Crippen LogP contribution >= 0.6 is 0 Å². The van der Waals surface area contributed by atoms with Crippen molar-refractivity contribution in [1.29, 1.82) is 0 Å². The molecule has 0 bridgehead atoms. The molecule has 0 atom stereocenters. The van der Waals surface area contributed by atoms with Gasteiger partial charge in [0.1, 0.15) is 41.3 Å². The van der Waals surface area contributed by atoms with E-state index < -0.39 is 0 Å². The van der Waals surface area contributed by atoms with Crippen molar-refractivity contribution in [3.05, 3.63) is 505 Å². The smallest absolute Gasteiger partial charge is 0.161 e. The number of hydrogen-bond acceptors (Lipinski definition) is 21. The number of benzene rings is 14. The zero-order valence-corrected chi connectivity index (χ0v) is 80.6. The van der Waals surface area contributed by atoms with E-state index in [9.17, 15) is 0 Å². The van der Waals surface area contributed by atoms with Crippen LogP contribution < -0.4 is 59.1 Å². The molecule has 24 heteroatoms. The first-order valence-corrected chi connectivity index (χ1v) is 42.5. The zero-order chi connectivity index (χ0) is 89.0. The summed E-state index contributed by atoms with van der Waals surface area (Å²) in [6, 6.07) is 144. The molecule has 0 spiro atoms. The summed E-state index contributed by atoms with van der Waals surface area (Å²) in [6.07, 6.45) is 7.12. The van der Waals surface area contributed by atoms with Crippen LogP contribution in [0.3, 0.4) is 0 Å². The number of nitrogens with zero attached hydrogens (tertiary/aromatic N) is 21. The fraction of sp³-hybridized carbons (Fsp3) is 0.0455. The Labute approximate surface area is 824 Å². The number of para-hydroxylation sites is 9. The zero-order valence-electron chi connectivity index (χ0n) is 73.5. The van der Waals surface area contributed by atoms with Crippen LogP contribution in [0.1, 0.15) is 27.8 Å². The van der Waals surface area contributed by atoms with Gasteiger partial charge in [0.25, 0.3) is 0 Å². The number of fused-ring (bicyclic) bond motifs is 3. The van der Waals surface area contributed by atoms with Crippen LogP contribution in [0.2, 0.25) is 0 Å². The Morgan fingerprint density at radius 1 is 0.246 bits per heavy atom. The Kier molecular flexibility index (Phi) is 31.5. The summed E-state index contributed by atoms with van der Waals surface area (Å²) < 4.78 is 0. The molecule has 14 aromatic carbocycles. The van der Waals surface area contributed by atoms with Crippen molar-refractivity contribution < 1.29 is 60.3 Å². The van der Waals surface area contributed by atoms with Crippen LogP contribution in [0, 0.1) is 90.3 Å². The van der Waals surface area contributed by atoms with E-state index in [4.69, 9.17) is 25.3 Å². The van der Waals surface area contributed by atoms with Gasteiger partial charge >= 0.3 is 0 Å². The molecule has 21 nitrogen and oxygen atoms in total. The second-order valence-corrected chi connectivity index (χ2v) is 30.3. The topological polar surface area (TPSA) is 153 Å². The van der Waals surface area contributed by atoms with Gasteiger partial charge in [0, 0.05) is 105 Å². The molecule has 6 aliphatic rings. The molecule has 0 aliphatic carbocycles. The van der Waals surface area contributed by atoms with Crippen LogP contribution in [0.15, 0.2) is 416 Å². The minimum absolute atomic E-state index is 0. The second kappa shape index (κ2) is 45.1. The number of rotatable bonds is 14. The molecule has 0 N–H and O–H groups in total. The van der Waals surface area contributed by atoms with E-state index in [0.717, 1.165) is 143 Å². The number of hydrazone groups is 3. The van der Waals surface area contributed by atoms with E-state index in [0.29, 0.717) is 0 Å². The number of amidine groups is 3. The van der Waals surface area contributed by atoms with Crippen molar-refractivity contribution >= 4 is 103 Å². The molecule has 17 aromatic rings. The Morgan fingerprint density at radius 2 is 0.537 bits per heavy atom. The standard InChI is InChI=1S/3C20H15N3.2C19H16N4.C12H10N4.3Ir/c3*1-4-10-17(11-5-1)20-21-23(19-14-8-3-9-15-19)16-22(20)18-12-6-2-7-13-18;1-14-8-6-7-11-16(14)18-20-12-17-19(21-18)22(2)13-23(17)15-9-4-3-5-10-15;1-14-8-6-7-11-16(14)18-20-12-17-19(21-18)23(13-22(17)2)15-9-4-3-5-10-15;1-15-9-16(10-5-3-2-4-6-10)11-7-13-8-14-12(11)15;;;/h3*1-14,16H;2*3-9,11-13H,1-2H3;2-5,7-9H,1H3;;;/q6*-2;;;. The molecular formula is C110H87Ir3N21-12. The molecule has 3 aromatic heterocycles. The van der Waals surface area contributed by atoms with E-state index in [-0.39, 0.29) is 60.3 Å². The van der Waals surface area contributed by atoms with E-state index in [2.05, 4.69) is 187 Å². The summed E-state index contributed by atoms with van der Waals surface area (Å²) in [4.78, 5) is 45.4. The average Bonchev–Trinajstić information content (AvgIpc) is 2.19. The third-order valence-electron chi connectivity index (χ3n) is 21.4. The summed E-state index contributed by atoms with van der Waals surface area (Å²) >= 11 is 0. The maximum atomic E-state index is 4.81. The van der Waals surface area contributed by atoms with Gasteiger partial charge in [-0.3, -0.25) is 0 Å². The van der Waals surface area contributed by atoms with Crippen LogP contribution in [-0.2, 0) is 60.3 Å². The van der Waals surface area contributed by atoms with Gasteiger partial charge in [-0.2, -0.15) is 199 Å². The largest absolute Gasteiger partial charge is 0.501 e. The van der Waals surface area contributed by atoms with Crippen molar-refractivity contribution in [1.82, 2.24) is 29.9 Å². The summed E-state index contributed by atoms with van der Waals surface area (Å²) in [5.74, 6) is 6.87. The predicted molar refractivity (Wildman–Crippen MR) is 529 cm³/mol. The minimum atomic E-state index is 0. The van der Waals surface area contributed by atoms with E-state index >= 15 is 0 Å². The Bertz CT molecular complexity index is 6350. The molecule has 0 amide bonds. The molecule has 134 heavy (non-hydrogen) atoms. The van der Waals surface area contributed by atoms with E-state index in [1.54, 1.807) is 6.33 Å². The summed E-state index contributed by atoms with van der Waals surface area (Å²) in [7, 11) is 5.96. The Morgan fingerprint density at radius 3 is 0.888 bits per heavy atom. The Hall–Kier alpha value is -15.1. The van der Waals surface area contributed by atoms with Crippen molar-refractivity contribution in [2.45, 2.75) is 13.8 Å². The average molecular weight is 2280 g/mol. The van der Waals surface area contributed by atoms with Crippen LogP contribution in [0.5, 0.6) is 0 Å². The van der Waals surface area contributed by atoms with Gasteiger partial charge in [0.05, 0.1) is 35.7 Å². The van der Waals surface area contributed by atoms with Crippen molar-refractivity contribution in [2.24, 2.45) is 15.3 Å². The number of aromatic nitrogens is 6. The monoisotopic (exact) mass is 2280 g/mol. The quantitative estimate of drug-likeness (QED) is 0.0948. The molecule has 6 aliphatic heterocycles. The maximum absolute atomic E-state index is 4.81. The first kappa shape index (κ1) is 93.6. The molecule has 9 heterocycles. The third-order valence-corrected chi connectivity index (χ3v) is 21.4. The van der Waals surface area contributed by atoms with Crippen molar-refractivity contribution in [3.63, 3.8) is 0 Å². The van der Waals surface area contributed by atoms with Gasteiger partial charge in [0.15, 0.2) is 11.6 Å². The van der Waals surface area contributed by atoms with Crippen LogP contribution in [-0.4, -0.2) is 68.6 Å². The maximum Gasteiger partial charge on any atom is 0.161 e. The predicted octanol–water partition coefficient (Wildman–Crippen LogP) is 22.8. The first-order chi connectivity index (χ1) is 64.6. The van der Waals surface area contributed by atoms with Gasteiger partial charge in [-0.25, -0.2) is 29.9 Å². The van der Waals surface area contributed by atoms with Crippen molar-refractivity contribution in [3.8, 4) is 22.8 Å². The fourth-order valence-electron chi connectivity index (χ4n) is 14.9. The molecule has 23 rings (SSSR count). The van der Waals surface area contributed by atoms with Crippen molar-refractivity contribution in [2.75, 3.05) is 80.3 Å². The normalized spacial score (nSPS) is 13.5. The molecule has 671 valence electrons. The molecule has 0 saturated heterocycles. The Balaban J connectivity index is 0.000000122. The second-order valence-electron chi connectivity index (χ2n) is 30.3. The van der Waals surface area contributed by atoms with Gasteiger partial charge in [0.2, 0.25) is 0 Å². The third kappa shape index (κ3) is 21.9. The van der Waals surface area contributed by atoms with Gasteiger partial charge < -0.3 is 59.1 Å². The molecular weight excluding hydrogens is 2190 g/mol. The van der Waals surface area contributed by atoms with E-state index in [1.165, 1.54) is 11.1 Å². The van der Waals surface area contributed by atoms with Crippen LogP contribution in [0.25, 0.3) is 22.8 Å². The first-order valence-electron chi connectivity index (χ1n) is 42.5. The van der Waals surface area contributed by atoms with Gasteiger partial charge in [-0.15, -0.1) is 55.3 Å². The fourth-order valence-corrected chi connectivity index (χ4v) is 14.9. The number of aryl methyl sites for hydroxylation is 2. The van der Waals surface area contributed by atoms with Gasteiger partial charge in [-0.1, -0.05) is 211 Å². The molecule has 0 fully saturated rings. The minimum Gasteiger partial charge on any atom is -0.501 e. The summed E-state index contributed by atoms with van der Waals surface area (Å²) in [5.41, 5.74) is 19.5. The molecule has 0 unspecified atom stereocenters. The van der Waals surface area contributed by atoms with Gasteiger partial charge in [-0.05, 0) is 82.5 Å². The number of hydrogen-bond donors (Lipinski definition) is 0. The van der Waals surface area contributed by atoms with E-state index in [1.807, 2.05) is 398 Å². The summed E-state index contributed by atoms with van der Waals surface area (Å²) in [5, 5.41) is 19.9. The summed E-state index contributed by atoms with van der Waals surface area (Å²) in [6.45, 7) is 16.1. The van der Waals surface area contributed by atoms with Crippen LogP contribution in [0.4, 0.5) is 85.7 Å². The molecule has 0 saturated carbocycles. The number of anilines is 15. The SMILES string of the molecule is CN1[CH-]N(c2[c-]cccc2)c2cncnc21.Cc1ccccc1-c1ncc2c(n1)N(C)[CH-]N2c1[c-]cccc1.Cc1ccccc1-c1ncc2c(n1)N(c1[c-]cccc1)[CH-]N2C.[Ir].[Ir].[Ir].[c-]1ccccc1N1[CH-]N(c2ccccc2)C(c2ccccc2)=N1.[c-]1ccccc1N1[CH-]N(c2ccccc2)C(c2ccccc2)=N1.[c-]1ccccc1N1[CH-]N(c2ccccc2)C(c2ccccc2)=N1. The molecule has 3 radical (unpaired) electrons.